The first-order chi connectivity index (χ1) is 11.3. The molecule has 4 rings (SSSR count). The van der Waals surface area contributed by atoms with Gasteiger partial charge in [-0.25, -0.2) is 0 Å². The zero-order chi connectivity index (χ0) is 15.8. The van der Waals surface area contributed by atoms with Crippen LogP contribution < -0.4 is 10.6 Å². The first-order valence-electron chi connectivity index (χ1n) is 7.80. The van der Waals surface area contributed by atoms with E-state index in [0.29, 0.717) is 12.2 Å². The molecular formula is C16H18N6O. The molecule has 0 bridgehead atoms. The smallest absolute Gasteiger partial charge is 0.276 e. The lowest BCUT2D eigenvalue weighted by Crippen LogP contribution is -2.25. The van der Waals surface area contributed by atoms with Gasteiger partial charge in [0.15, 0.2) is 5.69 Å². The molecule has 2 aromatic heterocycles. The number of carbonyl (C=O) groups excluding carboxylic acids is 1. The summed E-state index contributed by atoms with van der Waals surface area (Å²) < 4.78 is 1.91. The molecule has 1 aromatic carbocycles. The van der Waals surface area contributed by atoms with Crippen molar-refractivity contribution in [2.45, 2.75) is 26.4 Å². The van der Waals surface area contributed by atoms with Crippen molar-refractivity contribution in [2.24, 2.45) is 0 Å². The molecule has 3 aromatic rings. The summed E-state index contributed by atoms with van der Waals surface area (Å²) in [5, 5.41) is 18.7. The summed E-state index contributed by atoms with van der Waals surface area (Å²) in [5.41, 5.74) is 4.24. The van der Waals surface area contributed by atoms with Crippen LogP contribution >= 0.6 is 0 Å². The number of fused-ring (bicyclic) bond motifs is 2. The van der Waals surface area contributed by atoms with Gasteiger partial charge in [-0.3, -0.25) is 14.6 Å². The van der Waals surface area contributed by atoms with Gasteiger partial charge in [0.25, 0.3) is 5.91 Å². The zero-order valence-corrected chi connectivity index (χ0v) is 12.9. The van der Waals surface area contributed by atoms with Gasteiger partial charge in [-0.15, -0.1) is 0 Å². The van der Waals surface area contributed by atoms with Crippen molar-refractivity contribution in [3.05, 3.63) is 41.3 Å². The molecule has 1 aliphatic rings. The van der Waals surface area contributed by atoms with Crippen LogP contribution in [-0.4, -0.2) is 32.4 Å². The highest BCUT2D eigenvalue weighted by Crippen LogP contribution is 2.21. The summed E-state index contributed by atoms with van der Waals surface area (Å²) in [6, 6.07) is 5.80. The summed E-state index contributed by atoms with van der Waals surface area (Å²) in [5.74, 6) is -0.187. The van der Waals surface area contributed by atoms with Crippen LogP contribution in [-0.2, 0) is 19.5 Å². The second-order valence-corrected chi connectivity index (χ2v) is 5.64. The number of nitrogens with one attached hydrogen (secondary N) is 3. The van der Waals surface area contributed by atoms with Crippen LogP contribution in [0.15, 0.2) is 24.4 Å². The third-order valence-corrected chi connectivity index (χ3v) is 4.22. The summed E-state index contributed by atoms with van der Waals surface area (Å²) in [6.45, 7) is 4.42. The monoisotopic (exact) mass is 310 g/mol. The number of anilines is 1. The van der Waals surface area contributed by atoms with E-state index in [-0.39, 0.29) is 5.91 Å². The molecule has 1 aliphatic heterocycles. The SMILES string of the molecule is CCn1ncc2ccc(NC(=O)c3n[nH]c4c3CNCC4)cc21. The fraction of sp³-hybridized carbons (Fsp3) is 0.312. The highest BCUT2D eigenvalue weighted by Gasteiger charge is 2.21. The van der Waals surface area contributed by atoms with E-state index in [9.17, 15) is 4.79 Å². The molecular weight excluding hydrogens is 292 g/mol. The molecule has 0 saturated heterocycles. The van der Waals surface area contributed by atoms with Gasteiger partial charge < -0.3 is 10.6 Å². The van der Waals surface area contributed by atoms with Gasteiger partial charge in [-0.1, -0.05) is 0 Å². The molecule has 0 atom stereocenters. The molecule has 0 fully saturated rings. The topological polar surface area (TPSA) is 87.6 Å². The largest absolute Gasteiger partial charge is 0.321 e. The van der Waals surface area contributed by atoms with E-state index in [1.807, 2.05) is 36.0 Å². The van der Waals surface area contributed by atoms with E-state index in [1.165, 1.54) is 0 Å². The van der Waals surface area contributed by atoms with Crippen molar-refractivity contribution in [3.63, 3.8) is 0 Å². The Labute approximate surface area is 133 Å². The van der Waals surface area contributed by atoms with Gasteiger partial charge in [-0.2, -0.15) is 10.2 Å². The standard InChI is InChI=1S/C16H18N6O/c1-2-22-14-7-11(4-3-10(14)8-18-22)19-16(23)15-12-9-17-6-5-13(12)20-21-15/h3-4,7-8,17H,2,5-6,9H2,1H3,(H,19,23)(H,20,21). The van der Waals surface area contributed by atoms with Gasteiger partial charge >= 0.3 is 0 Å². The maximum atomic E-state index is 12.5. The van der Waals surface area contributed by atoms with Crippen molar-refractivity contribution in [1.82, 2.24) is 25.3 Å². The van der Waals surface area contributed by atoms with Gasteiger partial charge in [0, 0.05) is 48.4 Å². The van der Waals surface area contributed by atoms with Crippen molar-refractivity contribution in [2.75, 3.05) is 11.9 Å². The van der Waals surface area contributed by atoms with Gasteiger partial charge in [0.1, 0.15) is 0 Å². The number of rotatable bonds is 3. The van der Waals surface area contributed by atoms with E-state index in [0.717, 1.165) is 47.4 Å². The Morgan fingerprint density at radius 3 is 3.22 bits per heavy atom. The molecule has 3 heterocycles. The molecule has 7 nitrogen and oxygen atoms in total. The zero-order valence-electron chi connectivity index (χ0n) is 12.9. The third kappa shape index (κ3) is 2.39. The van der Waals surface area contributed by atoms with E-state index in [2.05, 4.69) is 25.9 Å². The lowest BCUT2D eigenvalue weighted by molar-refractivity contribution is 0.102. The molecule has 0 radical (unpaired) electrons. The molecule has 1 amide bonds. The van der Waals surface area contributed by atoms with E-state index >= 15 is 0 Å². The maximum Gasteiger partial charge on any atom is 0.276 e. The predicted octanol–water partition coefficient (Wildman–Crippen LogP) is 1.68. The molecule has 0 unspecified atom stereocenters. The van der Waals surface area contributed by atoms with Crippen LogP contribution in [0.4, 0.5) is 5.69 Å². The molecule has 23 heavy (non-hydrogen) atoms. The van der Waals surface area contributed by atoms with Crippen LogP contribution in [0.2, 0.25) is 0 Å². The Hall–Kier alpha value is -2.67. The number of hydrogen-bond acceptors (Lipinski definition) is 4. The lowest BCUT2D eigenvalue weighted by Gasteiger charge is -2.13. The number of hydrogen-bond donors (Lipinski definition) is 3. The highest BCUT2D eigenvalue weighted by atomic mass is 16.1. The van der Waals surface area contributed by atoms with Crippen LogP contribution in [0.5, 0.6) is 0 Å². The second kappa shape index (κ2) is 5.51. The molecule has 0 saturated carbocycles. The van der Waals surface area contributed by atoms with Crippen LogP contribution in [0.3, 0.4) is 0 Å². The lowest BCUT2D eigenvalue weighted by atomic mass is 10.1. The molecule has 0 spiro atoms. The Balaban J connectivity index is 1.62. The van der Waals surface area contributed by atoms with Crippen molar-refractivity contribution < 1.29 is 4.79 Å². The van der Waals surface area contributed by atoms with Crippen molar-refractivity contribution in [3.8, 4) is 0 Å². The Morgan fingerprint density at radius 1 is 1.43 bits per heavy atom. The summed E-state index contributed by atoms with van der Waals surface area (Å²) in [6.07, 6.45) is 2.71. The minimum atomic E-state index is -0.187. The average Bonchev–Trinajstić information content (AvgIpc) is 3.18. The number of nitrogens with zero attached hydrogens (tertiary/aromatic N) is 3. The summed E-state index contributed by atoms with van der Waals surface area (Å²) >= 11 is 0. The molecule has 7 heteroatoms. The molecule has 0 aliphatic carbocycles. The van der Waals surface area contributed by atoms with Crippen molar-refractivity contribution >= 4 is 22.5 Å². The fourth-order valence-electron chi connectivity index (χ4n) is 3.00. The van der Waals surface area contributed by atoms with Crippen LogP contribution in [0.1, 0.15) is 28.7 Å². The van der Waals surface area contributed by atoms with Crippen LogP contribution in [0.25, 0.3) is 10.9 Å². The average molecular weight is 310 g/mol. The van der Waals surface area contributed by atoms with Gasteiger partial charge in [-0.05, 0) is 25.1 Å². The maximum absolute atomic E-state index is 12.5. The van der Waals surface area contributed by atoms with E-state index < -0.39 is 0 Å². The Morgan fingerprint density at radius 2 is 2.35 bits per heavy atom. The third-order valence-electron chi connectivity index (χ3n) is 4.22. The minimum Gasteiger partial charge on any atom is -0.321 e. The fourth-order valence-corrected chi connectivity index (χ4v) is 3.00. The highest BCUT2D eigenvalue weighted by molar-refractivity contribution is 6.04. The number of benzene rings is 1. The van der Waals surface area contributed by atoms with Crippen molar-refractivity contribution in [1.29, 1.82) is 0 Å². The quantitative estimate of drug-likeness (QED) is 0.687. The molecule has 118 valence electrons. The summed E-state index contributed by atoms with van der Waals surface area (Å²) in [7, 11) is 0. The Bertz CT molecular complexity index is 878. The Kier molecular flexibility index (Phi) is 3.34. The van der Waals surface area contributed by atoms with Gasteiger partial charge in [0.2, 0.25) is 0 Å². The first kappa shape index (κ1) is 14.0. The van der Waals surface area contributed by atoms with Crippen LogP contribution in [0, 0.1) is 0 Å². The number of amides is 1. The van der Waals surface area contributed by atoms with E-state index in [4.69, 9.17) is 0 Å². The normalized spacial score (nSPS) is 14.0. The minimum absolute atomic E-state index is 0.187. The molecule has 3 N–H and O–H groups in total. The number of aryl methyl sites for hydroxylation is 1. The second-order valence-electron chi connectivity index (χ2n) is 5.64. The number of aromatic nitrogens is 4. The number of aromatic amines is 1. The van der Waals surface area contributed by atoms with Gasteiger partial charge in [0.05, 0.1) is 11.7 Å². The predicted molar refractivity (Wildman–Crippen MR) is 87.4 cm³/mol. The first-order valence-corrected chi connectivity index (χ1v) is 7.80. The number of carbonyl (C=O) groups is 1. The van der Waals surface area contributed by atoms with E-state index in [1.54, 1.807) is 0 Å². The summed E-state index contributed by atoms with van der Waals surface area (Å²) in [4.78, 5) is 12.5. The number of H-pyrrole nitrogens is 1.